The molecular formula is C26H28N2O2. The smallest absolute Gasteiger partial charge is 0.120 e. The molecule has 0 aliphatic rings. The zero-order valence-corrected chi connectivity index (χ0v) is 17.5. The van der Waals surface area contributed by atoms with Gasteiger partial charge in [-0.1, -0.05) is 60.2 Å². The van der Waals surface area contributed by atoms with E-state index in [1.54, 1.807) is 0 Å². The van der Waals surface area contributed by atoms with Gasteiger partial charge in [-0.2, -0.15) is 0 Å². The molecule has 4 rings (SSSR count). The molecule has 0 saturated heterocycles. The van der Waals surface area contributed by atoms with E-state index < -0.39 is 6.10 Å². The number of aromatic nitrogens is 1. The summed E-state index contributed by atoms with van der Waals surface area (Å²) < 4.78 is 8.16. The van der Waals surface area contributed by atoms with Crippen LogP contribution in [0.3, 0.4) is 0 Å². The van der Waals surface area contributed by atoms with E-state index in [-0.39, 0.29) is 6.04 Å². The highest BCUT2D eigenvalue weighted by Gasteiger charge is 2.23. The fraction of sp³-hybridized carbons (Fsp3) is 0.231. The van der Waals surface area contributed by atoms with Gasteiger partial charge < -0.3 is 19.7 Å². The van der Waals surface area contributed by atoms with Gasteiger partial charge in [0.25, 0.3) is 0 Å². The molecule has 4 nitrogen and oxygen atoms in total. The second-order valence-corrected chi connectivity index (χ2v) is 7.70. The number of ether oxygens (including phenoxy) is 1. The summed E-state index contributed by atoms with van der Waals surface area (Å²) in [7, 11) is 1.86. The van der Waals surface area contributed by atoms with E-state index in [4.69, 9.17) is 4.74 Å². The van der Waals surface area contributed by atoms with E-state index in [1.165, 1.54) is 5.56 Å². The van der Waals surface area contributed by atoms with E-state index >= 15 is 0 Å². The van der Waals surface area contributed by atoms with Crippen molar-refractivity contribution in [3.8, 4) is 5.75 Å². The number of benzene rings is 3. The van der Waals surface area contributed by atoms with Crippen LogP contribution in [0.25, 0.3) is 10.9 Å². The molecule has 0 saturated carbocycles. The Balaban J connectivity index is 1.60. The number of aliphatic hydroxyl groups is 1. The Morgan fingerprint density at radius 1 is 0.967 bits per heavy atom. The molecule has 0 bridgehead atoms. The number of rotatable bonds is 8. The standard InChI is InChI=1S/C26H28N2O2/c1-19-8-10-20(11-9-19)18-30-23-12-13-24-22(16-23)14-15-28(24)26(25(29)17-27-2)21-6-4-3-5-7-21/h3-16,25-27,29H,17-18H2,1-2H3/t25-,26+/m1/s1. The predicted molar refractivity (Wildman–Crippen MR) is 122 cm³/mol. The maximum atomic E-state index is 10.9. The predicted octanol–water partition coefficient (Wildman–Crippen LogP) is 4.70. The minimum Gasteiger partial charge on any atom is -0.489 e. The zero-order valence-electron chi connectivity index (χ0n) is 17.5. The zero-order chi connectivity index (χ0) is 20.9. The van der Waals surface area contributed by atoms with Gasteiger partial charge >= 0.3 is 0 Å². The Bertz CT molecular complexity index is 1090. The van der Waals surface area contributed by atoms with E-state index in [0.29, 0.717) is 13.2 Å². The first-order chi connectivity index (χ1) is 14.7. The van der Waals surface area contributed by atoms with Gasteiger partial charge in [0.05, 0.1) is 12.1 Å². The largest absolute Gasteiger partial charge is 0.489 e. The molecule has 154 valence electrons. The second kappa shape index (κ2) is 9.16. The average molecular weight is 401 g/mol. The molecule has 1 aromatic heterocycles. The van der Waals surface area contributed by atoms with Gasteiger partial charge in [-0.15, -0.1) is 0 Å². The van der Waals surface area contributed by atoms with E-state index in [2.05, 4.69) is 71.4 Å². The number of nitrogens with zero attached hydrogens (tertiary/aromatic N) is 1. The Morgan fingerprint density at radius 3 is 2.47 bits per heavy atom. The van der Waals surface area contributed by atoms with Crippen molar-refractivity contribution in [2.24, 2.45) is 0 Å². The Morgan fingerprint density at radius 2 is 1.73 bits per heavy atom. The lowest BCUT2D eigenvalue weighted by atomic mass is 10.0. The van der Waals surface area contributed by atoms with Gasteiger partial charge in [-0.3, -0.25) is 0 Å². The number of hydrogen-bond donors (Lipinski definition) is 2. The molecule has 4 heteroatoms. The van der Waals surface area contributed by atoms with E-state index in [0.717, 1.165) is 27.8 Å². The molecule has 30 heavy (non-hydrogen) atoms. The maximum absolute atomic E-state index is 10.9. The Kier molecular flexibility index (Phi) is 6.17. The van der Waals surface area contributed by atoms with Crippen LogP contribution in [0, 0.1) is 6.92 Å². The van der Waals surface area contributed by atoms with Crippen LogP contribution in [0.15, 0.2) is 85.1 Å². The first-order valence-corrected chi connectivity index (χ1v) is 10.3. The summed E-state index contributed by atoms with van der Waals surface area (Å²) in [5.41, 5.74) is 4.55. The molecule has 4 aromatic rings. The van der Waals surface area contributed by atoms with Crippen LogP contribution in [-0.4, -0.2) is 29.4 Å². The summed E-state index contributed by atoms with van der Waals surface area (Å²) in [4.78, 5) is 0. The maximum Gasteiger partial charge on any atom is 0.120 e. The Hall–Kier alpha value is -3.08. The number of hydrogen-bond acceptors (Lipinski definition) is 3. The highest BCUT2D eigenvalue weighted by Crippen LogP contribution is 2.30. The molecule has 0 radical (unpaired) electrons. The first-order valence-electron chi connectivity index (χ1n) is 10.3. The molecule has 0 unspecified atom stereocenters. The molecule has 0 spiro atoms. The second-order valence-electron chi connectivity index (χ2n) is 7.70. The first kappa shape index (κ1) is 20.2. The summed E-state index contributed by atoms with van der Waals surface area (Å²) in [6.07, 6.45) is 1.50. The molecule has 1 heterocycles. The quantitative estimate of drug-likeness (QED) is 0.451. The molecule has 2 atom stereocenters. The lowest BCUT2D eigenvalue weighted by Crippen LogP contribution is -2.33. The van der Waals surface area contributed by atoms with Gasteiger partial charge in [0, 0.05) is 23.6 Å². The summed E-state index contributed by atoms with van der Waals surface area (Å²) >= 11 is 0. The number of fused-ring (bicyclic) bond motifs is 1. The van der Waals surface area contributed by atoms with Gasteiger partial charge in [-0.05, 0) is 49.4 Å². The van der Waals surface area contributed by atoms with Crippen LogP contribution in [0.2, 0.25) is 0 Å². The van der Waals surface area contributed by atoms with Crippen molar-refractivity contribution in [3.05, 3.63) is 102 Å². The molecular weight excluding hydrogens is 372 g/mol. The van der Waals surface area contributed by atoms with Crippen LogP contribution in [0.5, 0.6) is 5.75 Å². The summed E-state index contributed by atoms with van der Waals surface area (Å²) in [5.74, 6) is 0.841. The van der Waals surface area contributed by atoms with Crippen molar-refractivity contribution < 1.29 is 9.84 Å². The molecule has 2 N–H and O–H groups in total. The van der Waals surface area contributed by atoms with Crippen molar-refractivity contribution in [2.45, 2.75) is 25.7 Å². The topological polar surface area (TPSA) is 46.4 Å². The normalized spacial score (nSPS) is 13.3. The minimum absolute atomic E-state index is 0.171. The third-order valence-electron chi connectivity index (χ3n) is 5.44. The lowest BCUT2D eigenvalue weighted by Gasteiger charge is -2.26. The average Bonchev–Trinajstić information content (AvgIpc) is 3.17. The molecule has 0 fully saturated rings. The van der Waals surface area contributed by atoms with Crippen molar-refractivity contribution in [1.29, 1.82) is 0 Å². The van der Waals surface area contributed by atoms with Crippen LogP contribution in [0.4, 0.5) is 0 Å². The Labute approximate surface area is 177 Å². The SMILES string of the molecule is CNC[C@@H](O)[C@H](c1ccccc1)n1ccc2cc(OCc3ccc(C)cc3)ccc21. The highest BCUT2D eigenvalue weighted by atomic mass is 16.5. The molecule has 0 amide bonds. The summed E-state index contributed by atoms with van der Waals surface area (Å²) in [6, 6.07) is 26.6. The van der Waals surface area contributed by atoms with Gasteiger partial charge in [-0.25, -0.2) is 0 Å². The van der Waals surface area contributed by atoms with Crippen LogP contribution < -0.4 is 10.1 Å². The summed E-state index contributed by atoms with van der Waals surface area (Å²) in [5, 5.41) is 15.1. The molecule has 0 aliphatic heterocycles. The molecule has 0 aliphatic carbocycles. The van der Waals surface area contributed by atoms with Crippen molar-refractivity contribution in [2.75, 3.05) is 13.6 Å². The monoisotopic (exact) mass is 400 g/mol. The fourth-order valence-corrected chi connectivity index (χ4v) is 3.86. The highest BCUT2D eigenvalue weighted by molar-refractivity contribution is 5.82. The lowest BCUT2D eigenvalue weighted by molar-refractivity contribution is 0.132. The molecule has 3 aromatic carbocycles. The van der Waals surface area contributed by atoms with Crippen LogP contribution in [-0.2, 0) is 6.61 Å². The van der Waals surface area contributed by atoms with E-state index in [9.17, 15) is 5.11 Å². The van der Waals surface area contributed by atoms with E-state index in [1.807, 2.05) is 37.5 Å². The van der Waals surface area contributed by atoms with Gasteiger partial charge in [0.2, 0.25) is 0 Å². The van der Waals surface area contributed by atoms with Crippen LogP contribution >= 0.6 is 0 Å². The van der Waals surface area contributed by atoms with Gasteiger partial charge in [0.15, 0.2) is 0 Å². The number of aryl methyl sites for hydroxylation is 1. The van der Waals surface area contributed by atoms with Crippen molar-refractivity contribution in [1.82, 2.24) is 9.88 Å². The number of nitrogens with one attached hydrogen (secondary N) is 1. The number of likely N-dealkylation sites (N-methyl/N-ethyl adjacent to an activating group) is 1. The van der Waals surface area contributed by atoms with Gasteiger partial charge in [0.1, 0.15) is 12.4 Å². The fourth-order valence-electron chi connectivity index (χ4n) is 3.86. The third kappa shape index (κ3) is 4.40. The van der Waals surface area contributed by atoms with Crippen molar-refractivity contribution in [3.63, 3.8) is 0 Å². The van der Waals surface area contributed by atoms with Crippen molar-refractivity contribution >= 4 is 10.9 Å². The summed E-state index contributed by atoms with van der Waals surface area (Å²) in [6.45, 7) is 3.14. The van der Waals surface area contributed by atoms with Crippen LogP contribution in [0.1, 0.15) is 22.7 Å². The minimum atomic E-state index is -0.550. The third-order valence-corrected chi connectivity index (χ3v) is 5.44. The number of aliphatic hydroxyl groups excluding tert-OH is 1.